The average molecular weight is 541 g/mol. The topological polar surface area (TPSA) is 85.5 Å². The van der Waals surface area contributed by atoms with Crippen molar-refractivity contribution in [1.82, 2.24) is 9.88 Å². The molecule has 1 saturated heterocycles. The normalized spacial score (nSPS) is 18.0. The van der Waals surface area contributed by atoms with Gasteiger partial charge >= 0.3 is 6.03 Å². The number of imide groups is 1. The van der Waals surface area contributed by atoms with E-state index in [-0.39, 0.29) is 23.1 Å². The first kappa shape index (κ1) is 24.8. The number of nitrogens with one attached hydrogen (secondary N) is 2. The number of rotatable bonds is 5. The van der Waals surface area contributed by atoms with Gasteiger partial charge in [-0.1, -0.05) is 79.7 Å². The lowest BCUT2D eigenvalue weighted by atomic mass is 9.89. The molecule has 0 bridgehead atoms. The molecule has 2 N–H and O–H groups in total. The van der Waals surface area contributed by atoms with Crippen LogP contribution in [0.4, 0.5) is 16.2 Å². The van der Waals surface area contributed by atoms with Crippen LogP contribution in [0, 0.1) is 0 Å². The van der Waals surface area contributed by atoms with Crippen molar-refractivity contribution in [2.45, 2.75) is 31.8 Å². The molecule has 4 aromatic carbocycles. The number of carbonyl (C=O) groups excluding carboxylic acids is 3. The Labute approximate surface area is 237 Å². The number of amides is 4. The van der Waals surface area contributed by atoms with Crippen molar-refractivity contribution in [3.63, 3.8) is 0 Å². The van der Waals surface area contributed by atoms with Crippen molar-refractivity contribution in [2.24, 2.45) is 0 Å². The molecule has 2 aliphatic heterocycles. The van der Waals surface area contributed by atoms with Gasteiger partial charge in [-0.3, -0.25) is 14.5 Å². The van der Waals surface area contributed by atoms with Gasteiger partial charge in [0.1, 0.15) is 12.1 Å². The number of hydrogen-bond donors (Lipinski definition) is 2. The van der Waals surface area contributed by atoms with Gasteiger partial charge in [0.05, 0.1) is 11.3 Å². The summed E-state index contributed by atoms with van der Waals surface area (Å²) >= 11 is 0. The molecule has 5 aromatic rings. The van der Waals surface area contributed by atoms with Crippen LogP contribution in [-0.2, 0) is 17.6 Å². The van der Waals surface area contributed by atoms with Crippen LogP contribution in [0.2, 0.25) is 0 Å². The number of urea groups is 1. The highest BCUT2D eigenvalue weighted by Gasteiger charge is 2.53. The fourth-order valence-corrected chi connectivity index (χ4v) is 6.16. The SMILES string of the molecule is CCc1ccc(NC(=O)c2ccccc2N2C(=O)[C@@H]3Cc4c([nH]c5ccccc45)[C@H](c4ccccc4)N3C2=O)cc1. The van der Waals surface area contributed by atoms with E-state index in [0.29, 0.717) is 12.1 Å². The van der Waals surface area contributed by atoms with Gasteiger partial charge in [0.15, 0.2) is 0 Å². The van der Waals surface area contributed by atoms with Crippen LogP contribution in [0.15, 0.2) is 103 Å². The zero-order valence-electron chi connectivity index (χ0n) is 22.5. The lowest BCUT2D eigenvalue weighted by Gasteiger charge is -2.36. The summed E-state index contributed by atoms with van der Waals surface area (Å²) in [5, 5.41) is 3.98. The largest absolute Gasteiger partial charge is 0.356 e. The number of anilines is 2. The molecular formula is C34H28N4O3. The van der Waals surface area contributed by atoms with Crippen LogP contribution >= 0.6 is 0 Å². The van der Waals surface area contributed by atoms with Crippen molar-refractivity contribution in [2.75, 3.05) is 10.2 Å². The monoisotopic (exact) mass is 540 g/mol. The molecule has 3 heterocycles. The second-order valence-electron chi connectivity index (χ2n) is 10.5. The van der Waals surface area contributed by atoms with E-state index in [2.05, 4.69) is 17.2 Å². The number of hydrogen-bond acceptors (Lipinski definition) is 3. The molecule has 0 unspecified atom stereocenters. The van der Waals surface area contributed by atoms with Gasteiger partial charge in [0.25, 0.3) is 11.8 Å². The summed E-state index contributed by atoms with van der Waals surface area (Å²) < 4.78 is 0. The van der Waals surface area contributed by atoms with Crippen LogP contribution in [-0.4, -0.2) is 33.8 Å². The second kappa shape index (κ2) is 9.78. The molecule has 0 saturated carbocycles. The molecule has 7 heteroatoms. The molecule has 202 valence electrons. The Morgan fingerprint density at radius 1 is 0.878 bits per heavy atom. The van der Waals surface area contributed by atoms with E-state index >= 15 is 0 Å². The van der Waals surface area contributed by atoms with E-state index in [1.165, 1.54) is 10.5 Å². The van der Waals surface area contributed by atoms with Crippen LogP contribution in [0.3, 0.4) is 0 Å². The predicted octanol–water partition coefficient (Wildman–Crippen LogP) is 6.47. The lowest BCUT2D eigenvalue weighted by Crippen LogP contribution is -2.44. The van der Waals surface area contributed by atoms with E-state index in [4.69, 9.17) is 0 Å². The fraction of sp³-hybridized carbons (Fsp3) is 0.147. The standard InChI is InChI=1S/C34H28N4O3/c1-2-21-16-18-23(19-17-21)35-32(39)25-13-7-9-15-28(25)38-33(40)29-20-26-24-12-6-8-14-27(24)36-30(26)31(37(29)34(38)41)22-10-4-3-5-11-22/h3-19,29,31,36H,2,20H2,1H3,(H,35,39)/t29-,31-/m0/s1. The minimum atomic E-state index is -0.697. The first-order valence-electron chi connectivity index (χ1n) is 13.8. The van der Waals surface area contributed by atoms with Gasteiger partial charge in [0.2, 0.25) is 0 Å². The first-order chi connectivity index (χ1) is 20.0. The molecule has 0 radical (unpaired) electrons. The Balaban J connectivity index is 1.29. The molecule has 41 heavy (non-hydrogen) atoms. The van der Waals surface area contributed by atoms with Gasteiger partial charge in [-0.2, -0.15) is 0 Å². The molecule has 1 fully saturated rings. The van der Waals surface area contributed by atoms with Gasteiger partial charge in [-0.15, -0.1) is 0 Å². The second-order valence-corrected chi connectivity index (χ2v) is 10.5. The van der Waals surface area contributed by atoms with Crippen LogP contribution in [0.5, 0.6) is 0 Å². The maximum absolute atomic E-state index is 14.2. The molecule has 1 aromatic heterocycles. The third-order valence-electron chi connectivity index (χ3n) is 8.17. The average Bonchev–Trinajstić information content (AvgIpc) is 3.50. The highest BCUT2D eigenvalue weighted by atomic mass is 16.2. The molecule has 2 atom stereocenters. The number of fused-ring (bicyclic) bond motifs is 4. The van der Waals surface area contributed by atoms with E-state index < -0.39 is 18.1 Å². The highest BCUT2D eigenvalue weighted by Crippen LogP contribution is 2.45. The molecule has 0 aliphatic carbocycles. The predicted molar refractivity (Wildman–Crippen MR) is 159 cm³/mol. The summed E-state index contributed by atoms with van der Waals surface area (Å²) in [5.74, 6) is -0.717. The van der Waals surface area contributed by atoms with Gasteiger partial charge in [-0.25, -0.2) is 9.69 Å². The first-order valence-corrected chi connectivity index (χ1v) is 13.8. The van der Waals surface area contributed by atoms with Crippen LogP contribution < -0.4 is 10.2 Å². The minimum absolute atomic E-state index is 0.258. The number of carbonyl (C=O) groups is 3. The van der Waals surface area contributed by atoms with Gasteiger partial charge in [-0.05, 0) is 53.4 Å². The molecule has 4 amide bonds. The number of aromatic amines is 1. The number of benzene rings is 4. The number of para-hydroxylation sites is 2. The number of aromatic nitrogens is 1. The zero-order chi connectivity index (χ0) is 28.1. The third kappa shape index (κ3) is 4.00. The number of H-pyrrole nitrogens is 1. The summed E-state index contributed by atoms with van der Waals surface area (Å²) in [4.78, 5) is 48.2. The zero-order valence-corrected chi connectivity index (χ0v) is 22.5. The van der Waals surface area contributed by atoms with Gasteiger partial charge < -0.3 is 10.3 Å². The van der Waals surface area contributed by atoms with Crippen molar-refractivity contribution < 1.29 is 14.4 Å². The fourth-order valence-electron chi connectivity index (χ4n) is 6.16. The maximum atomic E-state index is 14.2. The summed E-state index contributed by atoms with van der Waals surface area (Å²) in [6, 6.07) is 30.6. The summed E-state index contributed by atoms with van der Waals surface area (Å²) in [6.45, 7) is 2.07. The Morgan fingerprint density at radius 3 is 2.37 bits per heavy atom. The van der Waals surface area contributed by atoms with Crippen LogP contribution in [0.1, 0.15) is 45.7 Å². The van der Waals surface area contributed by atoms with Gasteiger partial charge in [0, 0.05) is 28.7 Å². The highest BCUT2D eigenvalue weighted by molar-refractivity contribution is 6.24. The molecule has 7 nitrogen and oxygen atoms in total. The van der Waals surface area contributed by atoms with Crippen molar-refractivity contribution in [3.8, 4) is 0 Å². The van der Waals surface area contributed by atoms with Crippen molar-refractivity contribution >= 4 is 40.1 Å². The molecule has 2 aliphatic rings. The van der Waals surface area contributed by atoms with Crippen molar-refractivity contribution in [1.29, 1.82) is 0 Å². The van der Waals surface area contributed by atoms with E-state index in [1.807, 2.05) is 78.9 Å². The van der Waals surface area contributed by atoms with E-state index in [0.717, 1.165) is 34.1 Å². The smallest absolute Gasteiger partial charge is 0.332 e. The quantitative estimate of drug-likeness (QED) is 0.251. The Hall–Kier alpha value is -5.17. The summed E-state index contributed by atoms with van der Waals surface area (Å²) in [7, 11) is 0. The summed E-state index contributed by atoms with van der Waals surface area (Å²) in [5.41, 5.74) is 6.19. The maximum Gasteiger partial charge on any atom is 0.332 e. The lowest BCUT2D eigenvalue weighted by molar-refractivity contribution is -0.120. The Morgan fingerprint density at radius 2 is 1.59 bits per heavy atom. The number of nitrogens with zero attached hydrogens (tertiary/aromatic N) is 2. The molecule has 7 rings (SSSR count). The van der Waals surface area contributed by atoms with Crippen LogP contribution in [0.25, 0.3) is 10.9 Å². The van der Waals surface area contributed by atoms with Crippen molar-refractivity contribution in [3.05, 3.63) is 131 Å². The van der Waals surface area contributed by atoms with E-state index in [9.17, 15) is 14.4 Å². The number of aryl methyl sites for hydroxylation is 1. The minimum Gasteiger partial charge on any atom is -0.356 e. The summed E-state index contributed by atoms with van der Waals surface area (Å²) in [6.07, 6.45) is 1.29. The Bertz CT molecular complexity index is 1810. The third-order valence-corrected chi connectivity index (χ3v) is 8.17. The molecule has 0 spiro atoms. The molecular weight excluding hydrogens is 512 g/mol. The van der Waals surface area contributed by atoms with E-state index in [1.54, 1.807) is 29.2 Å². The Kier molecular flexibility index (Phi) is 5.93.